The molecule has 0 aromatic carbocycles. The van der Waals surface area contributed by atoms with Crippen LogP contribution in [0.3, 0.4) is 0 Å². The number of nitrogens with two attached hydrogens (primary N) is 1. The van der Waals surface area contributed by atoms with Crippen molar-refractivity contribution in [3.63, 3.8) is 0 Å². The van der Waals surface area contributed by atoms with Crippen LogP contribution in [0.4, 0.5) is 0 Å². The zero-order chi connectivity index (χ0) is 17.1. The average molecular weight is 328 g/mol. The molecule has 0 heterocycles. The van der Waals surface area contributed by atoms with E-state index in [0.717, 1.165) is 0 Å². The minimum Gasteiger partial charge on any atom is -0.480 e. The molecule has 21 heavy (non-hydrogen) atoms. The van der Waals surface area contributed by atoms with Gasteiger partial charge in [-0.1, -0.05) is 13.8 Å². The maximum atomic E-state index is 11.9. The molecule has 126 valence electrons. The van der Waals surface area contributed by atoms with E-state index in [-0.39, 0.29) is 0 Å². The Balaban J connectivity index is 0. The minimum atomic E-state index is -2.53. The van der Waals surface area contributed by atoms with Gasteiger partial charge in [-0.15, -0.1) is 0 Å². The summed E-state index contributed by atoms with van der Waals surface area (Å²) in [6.45, 7) is 2.65. The van der Waals surface area contributed by atoms with Crippen molar-refractivity contribution in [2.24, 2.45) is 5.73 Å². The van der Waals surface area contributed by atoms with Gasteiger partial charge in [0.15, 0.2) is 0 Å². The molecule has 0 fully saturated rings. The molecule has 0 aliphatic heterocycles. The third kappa shape index (κ3) is 9.54. The van der Waals surface area contributed by atoms with Crippen LogP contribution in [-0.4, -0.2) is 72.0 Å². The van der Waals surface area contributed by atoms with Gasteiger partial charge >= 0.3 is 11.9 Å². The monoisotopic (exact) mass is 328 g/mol. The Morgan fingerprint density at radius 3 is 1.90 bits per heavy atom. The van der Waals surface area contributed by atoms with Crippen LogP contribution in [0.2, 0.25) is 0 Å². The van der Waals surface area contributed by atoms with Gasteiger partial charge in [-0.05, 0) is 0 Å². The van der Waals surface area contributed by atoms with Gasteiger partial charge in [0.1, 0.15) is 19.4 Å². The van der Waals surface area contributed by atoms with E-state index >= 15 is 0 Å². The van der Waals surface area contributed by atoms with Crippen LogP contribution in [0.1, 0.15) is 13.8 Å². The highest BCUT2D eigenvalue weighted by molar-refractivity contribution is 7.61. The topological polar surface area (TPSA) is 159 Å². The van der Waals surface area contributed by atoms with Crippen molar-refractivity contribution in [3.8, 4) is 0 Å². The maximum absolute atomic E-state index is 11.9. The van der Waals surface area contributed by atoms with Crippen LogP contribution in [0.15, 0.2) is 0 Å². The fourth-order valence-corrected chi connectivity index (χ4v) is 2.65. The minimum absolute atomic E-state index is 0.406. The first kappa shape index (κ1) is 22.3. The summed E-state index contributed by atoms with van der Waals surface area (Å²) in [4.78, 5) is 20.7. The fourth-order valence-electron chi connectivity index (χ4n) is 1.08. The zero-order valence-corrected chi connectivity index (χ0v) is 13.4. The highest BCUT2D eigenvalue weighted by atomic mass is 31.2. The lowest BCUT2D eigenvalue weighted by atomic mass is 10.3. The van der Waals surface area contributed by atoms with Gasteiger partial charge < -0.3 is 30.4 Å². The Hall–Kier alpha value is -0.990. The summed E-state index contributed by atoms with van der Waals surface area (Å²) in [6.07, 6.45) is 0.911. The molecule has 0 aliphatic carbocycles. The Kier molecular flexibility index (Phi) is 12.4. The number of nitrogens with one attached hydrogen (secondary N) is 1. The van der Waals surface area contributed by atoms with E-state index in [4.69, 9.17) is 21.1 Å². The van der Waals surface area contributed by atoms with Gasteiger partial charge in [0.2, 0.25) is 0 Å². The molecule has 0 amide bonds. The lowest BCUT2D eigenvalue weighted by Gasteiger charge is -2.21. The zero-order valence-electron chi connectivity index (χ0n) is 12.5. The Bertz CT molecular complexity index is 356. The molecule has 0 spiro atoms. The number of ether oxygens (including phenoxy) is 1. The van der Waals surface area contributed by atoms with Crippen LogP contribution < -0.4 is 10.8 Å². The Morgan fingerprint density at radius 1 is 1.24 bits per heavy atom. The van der Waals surface area contributed by atoms with E-state index in [1.807, 2.05) is 0 Å². The third-order valence-corrected chi connectivity index (χ3v) is 5.42. The summed E-state index contributed by atoms with van der Waals surface area (Å²) in [6, 6.07) is -2.01. The van der Waals surface area contributed by atoms with Crippen molar-refractivity contribution in [2.75, 3.05) is 32.6 Å². The molecule has 2 atom stereocenters. The summed E-state index contributed by atoms with van der Waals surface area (Å²) in [5.74, 6) is -1.77. The number of aliphatic carboxylic acids is 1. The number of aliphatic hydroxyl groups excluding tert-OH is 2. The number of aliphatic hydroxyl groups is 2. The number of carbonyl (C=O) groups excluding carboxylic acids is 1. The molecule has 0 aromatic heterocycles. The predicted octanol–water partition coefficient (Wildman–Crippen LogP) is -1.18. The number of hydrogen-bond acceptors (Lipinski definition) is 7. The van der Waals surface area contributed by atoms with Crippen molar-refractivity contribution < 1.29 is 34.2 Å². The first-order valence-electron chi connectivity index (χ1n) is 6.35. The maximum Gasteiger partial charge on any atom is 0.325 e. The Morgan fingerprint density at radius 2 is 1.71 bits per heavy atom. The SMILES string of the molecule is CCP(=O)(CC)N[C@@H](CO)C(=O)OC.N[C@@H](CO)C(=O)O. The molecule has 0 aliphatic rings. The standard InChI is InChI=1S/C8H18NO4P.C3H7NO3/c1-4-14(12,5-2)9-7(6-10)8(11)13-3;4-2(1-5)3(6)7/h7,10H,4-6H2,1-3H3,(H,9,12);2,5H,1,4H2,(H,6,7)/t7-;2-/m00/s1. The van der Waals surface area contributed by atoms with Crippen LogP contribution in [-0.2, 0) is 18.9 Å². The largest absolute Gasteiger partial charge is 0.480 e. The van der Waals surface area contributed by atoms with E-state index in [1.54, 1.807) is 13.8 Å². The summed E-state index contributed by atoms with van der Waals surface area (Å²) < 4.78 is 16.4. The highest BCUT2D eigenvalue weighted by Gasteiger charge is 2.26. The quantitative estimate of drug-likeness (QED) is 0.273. The van der Waals surface area contributed by atoms with Gasteiger partial charge in [-0.3, -0.25) is 14.7 Å². The molecule has 0 radical (unpaired) electrons. The van der Waals surface area contributed by atoms with Crippen LogP contribution >= 0.6 is 7.29 Å². The van der Waals surface area contributed by atoms with Crippen LogP contribution in [0.25, 0.3) is 0 Å². The number of hydrogen-bond donors (Lipinski definition) is 5. The lowest BCUT2D eigenvalue weighted by Crippen LogP contribution is -2.39. The summed E-state index contributed by atoms with van der Waals surface area (Å²) in [5.41, 5.74) is 4.77. The number of rotatable bonds is 8. The molecule has 0 saturated carbocycles. The van der Waals surface area contributed by atoms with Crippen molar-refractivity contribution in [1.29, 1.82) is 0 Å². The highest BCUT2D eigenvalue weighted by Crippen LogP contribution is 2.40. The van der Waals surface area contributed by atoms with Gasteiger partial charge in [0.05, 0.1) is 20.3 Å². The van der Waals surface area contributed by atoms with Crippen LogP contribution in [0, 0.1) is 0 Å². The third-order valence-electron chi connectivity index (χ3n) is 2.59. The molecule has 6 N–H and O–H groups in total. The number of carboxylic acids is 1. The molecule has 0 unspecified atom stereocenters. The molecule has 0 bridgehead atoms. The van der Waals surface area contributed by atoms with E-state index in [0.29, 0.717) is 12.3 Å². The van der Waals surface area contributed by atoms with Gasteiger partial charge in [0.25, 0.3) is 0 Å². The van der Waals surface area contributed by atoms with E-state index < -0.39 is 44.5 Å². The summed E-state index contributed by atoms with van der Waals surface area (Å²) in [5, 5.41) is 27.5. The molecular weight excluding hydrogens is 303 g/mol. The second-order valence-corrected chi connectivity index (χ2v) is 7.34. The number of carbonyl (C=O) groups is 2. The van der Waals surface area contributed by atoms with E-state index in [1.165, 1.54) is 7.11 Å². The Labute approximate surface area is 123 Å². The molecular formula is C11H25N2O7P. The lowest BCUT2D eigenvalue weighted by molar-refractivity contribution is -0.143. The van der Waals surface area contributed by atoms with Crippen molar-refractivity contribution >= 4 is 19.2 Å². The van der Waals surface area contributed by atoms with Crippen molar-refractivity contribution in [3.05, 3.63) is 0 Å². The average Bonchev–Trinajstić information content (AvgIpc) is 2.51. The van der Waals surface area contributed by atoms with E-state index in [9.17, 15) is 14.2 Å². The smallest absolute Gasteiger partial charge is 0.325 e. The summed E-state index contributed by atoms with van der Waals surface area (Å²) >= 11 is 0. The normalized spacial score (nSPS) is 13.6. The van der Waals surface area contributed by atoms with Crippen molar-refractivity contribution in [2.45, 2.75) is 25.9 Å². The van der Waals surface area contributed by atoms with Gasteiger partial charge in [-0.25, -0.2) is 0 Å². The molecule has 0 saturated heterocycles. The van der Waals surface area contributed by atoms with Crippen molar-refractivity contribution in [1.82, 2.24) is 5.09 Å². The molecule has 0 rings (SSSR count). The molecule has 9 nitrogen and oxygen atoms in total. The molecule has 10 heteroatoms. The second-order valence-electron chi connectivity index (χ2n) is 4.04. The first-order valence-corrected chi connectivity index (χ1v) is 8.42. The number of carboxylic acid groups (broad SMARTS) is 1. The number of esters is 1. The van der Waals surface area contributed by atoms with Gasteiger partial charge in [0, 0.05) is 12.3 Å². The first-order chi connectivity index (χ1) is 9.71. The predicted molar refractivity (Wildman–Crippen MR) is 77.4 cm³/mol. The van der Waals surface area contributed by atoms with E-state index in [2.05, 4.69) is 9.82 Å². The summed E-state index contributed by atoms with van der Waals surface area (Å²) in [7, 11) is -1.30. The fraction of sp³-hybridized carbons (Fsp3) is 0.818. The second kappa shape index (κ2) is 11.6. The van der Waals surface area contributed by atoms with Gasteiger partial charge in [-0.2, -0.15) is 0 Å². The number of methoxy groups -OCH3 is 1. The van der Waals surface area contributed by atoms with Crippen LogP contribution in [0.5, 0.6) is 0 Å². The molecule has 0 aromatic rings.